The van der Waals surface area contributed by atoms with E-state index in [4.69, 9.17) is 0 Å². The molecule has 1 amide bonds. The molecule has 10 heteroatoms. The van der Waals surface area contributed by atoms with Crippen LogP contribution in [0.15, 0.2) is 30.5 Å². The summed E-state index contributed by atoms with van der Waals surface area (Å²) in [6, 6.07) is 3.21. The number of nitrogens with zero attached hydrogens (tertiary/aromatic N) is 3. The first-order valence-electron chi connectivity index (χ1n) is 10.7. The number of carbonyl (C=O) groups excluding carboxylic acids is 1. The minimum absolute atomic E-state index is 0.206. The maximum atomic E-state index is 14.5. The highest BCUT2D eigenvalue weighted by Crippen LogP contribution is 2.42. The number of likely N-dealkylation sites (tertiary alicyclic amines) is 1. The molecule has 1 N–H and O–H groups in total. The van der Waals surface area contributed by atoms with E-state index in [-0.39, 0.29) is 11.6 Å². The Bertz CT molecular complexity index is 1220. The highest BCUT2D eigenvalue weighted by atomic mass is 32.2. The van der Waals surface area contributed by atoms with Crippen molar-refractivity contribution >= 4 is 22.1 Å². The average Bonchev–Trinajstić information content (AvgIpc) is 3.35. The second-order valence-corrected chi connectivity index (χ2v) is 11.0. The Morgan fingerprint density at radius 1 is 1.25 bits per heavy atom. The lowest BCUT2D eigenvalue weighted by atomic mass is 9.88. The fourth-order valence-corrected chi connectivity index (χ4v) is 6.12. The zero-order valence-electron chi connectivity index (χ0n) is 17.6. The summed E-state index contributed by atoms with van der Waals surface area (Å²) in [7, 11) is -3.68. The molecular formula is C22H24F2N4O3S. The van der Waals surface area contributed by atoms with Gasteiger partial charge >= 0.3 is 0 Å². The smallest absolute Gasteiger partial charge is 0.268 e. The van der Waals surface area contributed by atoms with Crippen molar-refractivity contribution in [1.29, 1.82) is 0 Å². The minimum atomic E-state index is -3.68. The van der Waals surface area contributed by atoms with Gasteiger partial charge in [0.25, 0.3) is 5.91 Å². The van der Waals surface area contributed by atoms with Crippen molar-refractivity contribution in [2.75, 3.05) is 6.54 Å². The van der Waals surface area contributed by atoms with Crippen molar-refractivity contribution in [2.45, 2.75) is 55.9 Å². The number of hydrogen-bond donors (Lipinski definition) is 1. The molecule has 32 heavy (non-hydrogen) atoms. The standard InChI is InChI=1S/C22H24F2N4O3S/c1-22(27-9-2-3-19(27)16-11-14(23)4-7-18(16)24)8-10-28-20(12-22)17(13-25-28)21(29)26-32(30,31)15-5-6-15/h4,7-8,10-11,13,15,19H,2-3,5-6,9,12H2,1H3,(H,26,29)/t19-,22?/m1/s1. The number of halogens is 2. The largest absolute Gasteiger partial charge is 0.287 e. The maximum Gasteiger partial charge on any atom is 0.268 e. The number of rotatable bonds is 5. The molecule has 7 nitrogen and oxygen atoms in total. The summed E-state index contributed by atoms with van der Waals surface area (Å²) in [4.78, 5) is 14.9. The lowest BCUT2D eigenvalue weighted by Crippen LogP contribution is -2.48. The lowest BCUT2D eigenvalue weighted by molar-refractivity contribution is 0.0976. The third-order valence-corrected chi connectivity index (χ3v) is 8.49. The van der Waals surface area contributed by atoms with Crippen LogP contribution < -0.4 is 4.72 Å². The summed E-state index contributed by atoms with van der Waals surface area (Å²) in [5.74, 6) is -1.61. The van der Waals surface area contributed by atoms with Crippen LogP contribution in [0.1, 0.15) is 60.3 Å². The molecule has 2 atom stereocenters. The second kappa shape index (κ2) is 7.48. The summed E-state index contributed by atoms with van der Waals surface area (Å²) >= 11 is 0. The summed E-state index contributed by atoms with van der Waals surface area (Å²) in [5, 5.41) is 3.70. The van der Waals surface area contributed by atoms with Gasteiger partial charge in [-0.05, 0) is 63.4 Å². The molecule has 1 aromatic carbocycles. The van der Waals surface area contributed by atoms with Gasteiger partial charge in [-0.2, -0.15) is 5.10 Å². The Labute approximate surface area is 185 Å². The summed E-state index contributed by atoms with van der Waals surface area (Å²) < 4.78 is 56.6. The summed E-state index contributed by atoms with van der Waals surface area (Å²) in [5.41, 5.74) is 0.534. The van der Waals surface area contributed by atoms with E-state index in [2.05, 4.69) is 14.7 Å². The van der Waals surface area contributed by atoms with E-state index >= 15 is 0 Å². The molecule has 1 aliphatic carbocycles. The van der Waals surface area contributed by atoms with Crippen LogP contribution in [0, 0.1) is 11.6 Å². The fourth-order valence-electron chi connectivity index (χ4n) is 4.83. The van der Waals surface area contributed by atoms with Crippen LogP contribution in [-0.4, -0.2) is 46.3 Å². The van der Waals surface area contributed by atoms with Crippen molar-refractivity contribution in [3.63, 3.8) is 0 Å². The highest BCUT2D eigenvalue weighted by molar-refractivity contribution is 7.91. The van der Waals surface area contributed by atoms with Crippen molar-refractivity contribution in [3.8, 4) is 0 Å². The predicted molar refractivity (Wildman–Crippen MR) is 114 cm³/mol. The van der Waals surface area contributed by atoms with Crippen LogP contribution in [-0.2, 0) is 16.4 Å². The quantitative estimate of drug-likeness (QED) is 0.739. The second-order valence-electron chi connectivity index (χ2n) is 8.99. The van der Waals surface area contributed by atoms with Gasteiger partial charge in [-0.15, -0.1) is 0 Å². The molecular weight excluding hydrogens is 438 g/mol. The first kappa shape index (κ1) is 21.3. The van der Waals surface area contributed by atoms with Crippen LogP contribution in [0.2, 0.25) is 0 Å². The minimum Gasteiger partial charge on any atom is -0.287 e. The number of hydrogen-bond acceptors (Lipinski definition) is 5. The molecule has 0 radical (unpaired) electrons. The zero-order valence-corrected chi connectivity index (χ0v) is 18.4. The number of fused-ring (bicyclic) bond motifs is 1. The van der Waals surface area contributed by atoms with E-state index in [0.717, 1.165) is 18.6 Å². The first-order valence-corrected chi connectivity index (χ1v) is 12.3. The van der Waals surface area contributed by atoms with E-state index < -0.39 is 38.4 Å². The number of aromatic nitrogens is 2. The molecule has 2 aromatic rings. The Balaban J connectivity index is 1.43. The molecule has 1 saturated carbocycles. The topological polar surface area (TPSA) is 84.3 Å². The van der Waals surface area contributed by atoms with Gasteiger partial charge in [0.2, 0.25) is 10.0 Å². The maximum absolute atomic E-state index is 14.5. The van der Waals surface area contributed by atoms with Gasteiger partial charge in [0, 0.05) is 29.8 Å². The Morgan fingerprint density at radius 3 is 2.78 bits per heavy atom. The van der Waals surface area contributed by atoms with Gasteiger partial charge in [-0.1, -0.05) is 0 Å². The van der Waals surface area contributed by atoms with Gasteiger partial charge in [0.15, 0.2) is 0 Å². The number of carbonyl (C=O) groups is 1. The Hall–Kier alpha value is -2.59. The molecule has 170 valence electrons. The van der Waals surface area contributed by atoms with Gasteiger partial charge < -0.3 is 0 Å². The van der Waals surface area contributed by atoms with E-state index in [1.54, 1.807) is 10.9 Å². The lowest BCUT2D eigenvalue weighted by Gasteiger charge is -2.42. The van der Waals surface area contributed by atoms with Gasteiger partial charge in [-0.3, -0.25) is 9.69 Å². The molecule has 3 aliphatic rings. The average molecular weight is 463 g/mol. The SMILES string of the molecule is CC1(N2CCC[C@@H]2c2cc(F)ccc2F)C=Cn2ncc(C(=O)NS(=O)(=O)C3CC3)c2C1. The van der Waals surface area contributed by atoms with Crippen LogP contribution in [0.25, 0.3) is 6.20 Å². The molecule has 1 saturated heterocycles. The van der Waals surface area contributed by atoms with E-state index in [0.29, 0.717) is 43.5 Å². The van der Waals surface area contributed by atoms with E-state index in [9.17, 15) is 22.0 Å². The molecule has 0 bridgehead atoms. The van der Waals surface area contributed by atoms with E-state index in [1.165, 1.54) is 12.3 Å². The predicted octanol–water partition coefficient (Wildman–Crippen LogP) is 3.01. The zero-order chi connectivity index (χ0) is 22.7. The highest BCUT2D eigenvalue weighted by Gasteiger charge is 2.43. The fraction of sp³-hybridized carbons (Fsp3) is 0.455. The van der Waals surface area contributed by atoms with Crippen molar-refractivity contribution in [1.82, 2.24) is 19.4 Å². The number of nitrogens with one attached hydrogen (secondary N) is 1. The molecule has 0 spiro atoms. The van der Waals surface area contributed by atoms with Gasteiger partial charge in [0.05, 0.1) is 22.7 Å². The van der Waals surface area contributed by atoms with Crippen LogP contribution in [0.5, 0.6) is 0 Å². The third kappa shape index (κ3) is 3.65. The normalized spacial score (nSPS) is 25.7. The van der Waals surface area contributed by atoms with Crippen molar-refractivity contribution in [2.24, 2.45) is 0 Å². The van der Waals surface area contributed by atoms with Gasteiger partial charge in [-0.25, -0.2) is 26.6 Å². The molecule has 1 aromatic heterocycles. The summed E-state index contributed by atoms with van der Waals surface area (Å²) in [6.45, 7) is 2.67. The van der Waals surface area contributed by atoms with Crippen LogP contribution in [0.4, 0.5) is 8.78 Å². The first-order chi connectivity index (χ1) is 15.2. The van der Waals surface area contributed by atoms with Crippen molar-refractivity contribution in [3.05, 3.63) is 58.9 Å². The Kier molecular flexibility index (Phi) is 4.97. The number of sulfonamides is 1. The molecule has 3 heterocycles. The van der Waals surface area contributed by atoms with Crippen molar-refractivity contribution < 1.29 is 22.0 Å². The molecule has 5 rings (SSSR count). The van der Waals surface area contributed by atoms with Crippen LogP contribution >= 0.6 is 0 Å². The van der Waals surface area contributed by atoms with Crippen LogP contribution in [0.3, 0.4) is 0 Å². The molecule has 2 fully saturated rings. The summed E-state index contributed by atoms with van der Waals surface area (Å²) in [6.07, 6.45) is 8.07. The molecule has 2 aliphatic heterocycles. The number of benzene rings is 1. The number of amides is 1. The Morgan fingerprint density at radius 2 is 2.03 bits per heavy atom. The molecule has 1 unspecified atom stereocenters. The van der Waals surface area contributed by atoms with E-state index in [1.807, 2.05) is 13.0 Å². The van der Waals surface area contributed by atoms with Gasteiger partial charge in [0.1, 0.15) is 11.6 Å². The third-order valence-electron chi connectivity index (χ3n) is 6.67. The monoisotopic (exact) mass is 462 g/mol.